The lowest BCUT2D eigenvalue weighted by Crippen LogP contribution is -2.43. The Morgan fingerprint density at radius 1 is 0.950 bits per heavy atom. The third-order valence-electron chi connectivity index (χ3n) is 2.96. The predicted molar refractivity (Wildman–Crippen MR) is 72.5 cm³/mol. The first kappa shape index (κ1) is 19.2. The topological polar surface area (TPSA) is 29.5 Å². The molecule has 0 aromatic carbocycles. The molecular formula is C14H26F3NO2. The number of hydrogen-bond acceptors (Lipinski definition) is 2. The lowest BCUT2D eigenvalue weighted by Gasteiger charge is -2.23. The Morgan fingerprint density at radius 2 is 1.55 bits per heavy atom. The number of halogens is 3. The highest BCUT2D eigenvalue weighted by atomic mass is 19.4. The molecule has 0 aromatic heterocycles. The van der Waals surface area contributed by atoms with Crippen LogP contribution in [0.25, 0.3) is 0 Å². The third-order valence-corrected chi connectivity index (χ3v) is 2.96. The van der Waals surface area contributed by atoms with E-state index in [-0.39, 0.29) is 19.7 Å². The average molecular weight is 297 g/mol. The van der Waals surface area contributed by atoms with Gasteiger partial charge in [-0.25, -0.2) is 0 Å². The first-order chi connectivity index (χ1) is 9.43. The van der Waals surface area contributed by atoms with E-state index in [9.17, 15) is 18.0 Å². The van der Waals surface area contributed by atoms with Crippen LogP contribution in [-0.2, 0) is 9.53 Å². The summed E-state index contributed by atoms with van der Waals surface area (Å²) in [6.45, 7) is 4.89. The van der Waals surface area contributed by atoms with E-state index in [1.54, 1.807) is 0 Å². The van der Waals surface area contributed by atoms with E-state index in [0.717, 1.165) is 37.0 Å². The molecule has 0 unspecified atom stereocenters. The first-order valence-electron chi connectivity index (χ1n) is 7.37. The van der Waals surface area contributed by atoms with Crippen molar-refractivity contribution in [2.45, 2.75) is 58.5 Å². The van der Waals surface area contributed by atoms with Crippen molar-refractivity contribution >= 4 is 5.91 Å². The molecule has 0 aliphatic carbocycles. The van der Waals surface area contributed by atoms with Gasteiger partial charge in [0.15, 0.2) is 0 Å². The molecule has 0 heterocycles. The smallest absolute Gasteiger partial charge is 0.380 e. The van der Waals surface area contributed by atoms with Crippen LogP contribution < -0.4 is 0 Å². The summed E-state index contributed by atoms with van der Waals surface area (Å²) in [5.74, 6) is -1.76. The number of carbonyl (C=O) groups excluding carboxylic acids is 1. The molecule has 0 aliphatic heterocycles. The largest absolute Gasteiger partial charge is 0.471 e. The molecule has 1 amide bonds. The number of rotatable bonds is 11. The molecule has 6 heteroatoms. The van der Waals surface area contributed by atoms with Gasteiger partial charge in [-0.3, -0.25) is 4.79 Å². The maximum atomic E-state index is 12.5. The maximum absolute atomic E-state index is 12.5. The van der Waals surface area contributed by atoms with Crippen molar-refractivity contribution in [1.29, 1.82) is 0 Å². The van der Waals surface area contributed by atoms with Gasteiger partial charge in [-0.1, -0.05) is 39.5 Å². The van der Waals surface area contributed by atoms with Gasteiger partial charge in [0.2, 0.25) is 0 Å². The Balaban J connectivity index is 4.08. The highest BCUT2D eigenvalue weighted by Crippen LogP contribution is 2.18. The number of carbonyl (C=O) groups is 1. The monoisotopic (exact) mass is 297 g/mol. The molecule has 0 atom stereocenters. The van der Waals surface area contributed by atoms with Gasteiger partial charge in [-0.05, 0) is 12.8 Å². The van der Waals surface area contributed by atoms with Gasteiger partial charge in [0.05, 0.1) is 6.61 Å². The number of ether oxygens (including phenoxy) is 1. The zero-order valence-electron chi connectivity index (χ0n) is 12.5. The van der Waals surface area contributed by atoms with Crippen LogP contribution in [0.5, 0.6) is 0 Å². The van der Waals surface area contributed by atoms with Crippen molar-refractivity contribution in [3.05, 3.63) is 0 Å². The molecule has 0 fully saturated rings. The Kier molecular flexibility index (Phi) is 10.5. The summed E-state index contributed by atoms with van der Waals surface area (Å²) < 4.78 is 42.6. The lowest BCUT2D eigenvalue weighted by molar-refractivity contribution is -0.186. The Morgan fingerprint density at radius 3 is 2.10 bits per heavy atom. The summed E-state index contributed by atoms with van der Waals surface area (Å²) in [5, 5.41) is 0. The van der Waals surface area contributed by atoms with Gasteiger partial charge < -0.3 is 9.64 Å². The van der Waals surface area contributed by atoms with Crippen LogP contribution in [0.4, 0.5) is 13.2 Å². The molecule has 0 radical (unpaired) electrons. The van der Waals surface area contributed by atoms with E-state index >= 15 is 0 Å². The first-order valence-corrected chi connectivity index (χ1v) is 7.37. The molecule has 20 heavy (non-hydrogen) atoms. The van der Waals surface area contributed by atoms with Crippen LogP contribution in [0.3, 0.4) is 0 Å². The van der Waals surface area contributed by atoms with Gasteiger partial charge in [-0.15, -0.1) is 0 Å². The lowest BCUT2D eigenvalue weighted by atomic mass is 10.2. The molecule has 0 bridgehead atoms. The number of amides is 1. The van der Waals surface area contributed by atoms with Gasteiger partial charge in [0.1, 0.15) is 0 Å². The van der Waals surface area contributed by atoms with Crippen molar-refractivity contribution < 1.29 is 22.7 Å². The second-order valence-corrected chi connectivity index (χ2v) is 4.82. The molecule has 0 rings (SSSR count). The minimum absolute atomic E-state index is 0.00812. The van der Waals surface area contributed by atoms with Gasteiger partial charge >= 0.3 is 12.1 Å². The van der Waals surface area contributed by atoms with Crippen LogP contribution in [0, 0.1) is 0 Å². The second-order valence-electron chi connectivity index (χ2n) is 4.82. The molecule has 0 saturated carbocycles. The standard InChI is InChI=1S/C14H26F3NO2/c1-3-5-7-9-18(13(19)14(15,16)17)10-12-20-11-8-6-4-2/h3-12H2,1-2H3. The molecule has 3 nitrogen and oxygen atoms in total. The van der Waals surface area contributed by atoms with E-state index in [4.69, 9.17) is 4.74 Å². The minimum atomic E-state index is -4.80. The van der Waals surface area contributed by atoms with E-state index in [2.05, 4.69) is 6.92 Å². The average Bonchev–Trinajstić information content (AvgIpc) is 2.39. The molecular weight excluding hydrogens is 271 g/mol. The van der Waals surface area contributed by atoms with E-state index in [1.165, 1.54) is 0 Å². The zero-order valence-corrected chi connectivity index (χ0v) is 12.5. The van der Waals surface area contributed by atoms with Crippen molar-refractivity contribution in [2.75, 3.05) is 26.3 Å². The van der Waals surface area contributed by atoms with Crippen LogP contribution in [-0.4, -0.2) is 43.3 Å². The third kappa shape index (κ3) is 9.18. The summed E-state index contributed by atoms with van der Waals surface area (Å²) >= 11 is 0. The van der Waals surface area contributed by atoms with Crippen molar-refractivity contribution in [2.24, 2.45) is 0 Å². The Labute approximate surface area is 119 Å². The Hall–Kier alpha value is -0.780. The zero-order chi connectivity index (χ0) is 15.4. The van der Waals surface area contributed by atoms with Crippen LogP contribution in [0.2, 0.25) is 0 Å². The number of nitrogens with zero attached hydrogens (tertiary/aromatic N) is 1. The maximum Gasteiger partial charge on any atom is 0.471 e. The highest BCUT2D eigenvalue weighted by Gasteiger charge is 2.42. The van der Waals surface area contributed by atoms with Crippen LogP contribution in [0.1, 0.15) is 52.4 Å². The quantitative estimate of drug-likeness (QED) is 0.543. The van der Waals surface area contributed by atoms with Crippen LogP contribution in [0.15, 0.2) is 0 Å². The molecule has 0 N–H and O–H groups in total. The van der Waals surface area contributed by atoms with E-state index in [0.29, 0.717) is 13.0 Å². The molecule has 0 aromatic rings. The summed E-state index contributed by atoms with van der Waals surface area (Å²) in [4.78, 5) is 12.1. The molecule has 120 valence electrons. The van der Waals surface area contributed by atoms with Crippen molar-refractivity contribution in [3.8, 4) is 0 Å². The summed E-state index contributed by atoms with van der Waals surface area (Å²) in [7, 11) is 0. The fourth-order valence-corrected chi connectivity index (χ4v) is 1.78. The number of alkyl halides is 3. The second kappa shape index (κ2) is 10.9. The summed E-state index contributed by atoms with van der Waals surface area (Å²) in [6, 6.07) is 0. The van der Waals surface area contributed by atoms with Crippen LogP contribution >= 0.6 is 0 Å². The SMILES string of the molecule is CCCCCOCCN(CCCCC)C(=O)C(F)(F)F. The van der Waals surface area contributed by atoms with Gasteiger partial charge in [0, 0.05) is 19.7 Å². The Bertz CT molecular complexity index is 257. The summed E-state index contributed by atoms with van der Waals surface area (Å²) in [5.41, 5.74) is 0. The normalized spacial score (nSPS) is 11.7. The number of hydrogen-bond donors (Lipinski definition) is 0. The fraction of sp³-hybridized carbons (Fsp3) is 0.929. The van der Waals surface area contributed by atoms with Crippen molar-refractivity contribution in [1.82, 2.24) is 4.90 Å². The van der Waals surface area contributed by atoms with E-state index < -0.39 is 12.1 Å². The van der Waals surface area contributed by atoms with E-state index in [1.807, 2.05) is 6.92 Å². The van der Waals surface area contributed by atoms with Crippen molar-refractivity contribution in [3.63, 3.8) is 0 Å². The van der Waals surface area contributed by atoms with Gasteiger partial charge in [-0.2, -0.15) is 13.2 Å². The fourth-order valence-electron chi connectivity index (χ4n) is 1.78. The number of unbranched alkanes of at least 4 members (excludes halogenated alkanes) is 4. The molecule has 0 aliphatic rings. The molecule has 0 spiro atoms. The minimum Gasteiger partial charge on any atom is -0.380 e. The highest BCUT2D eigenvalue weighted by molar-refractivity contribution is 5.81. The molecule has 0 saturated heterocycles. The summed E-state index contributed by atoms with van der Waals surface area (Å²) in [6.07, 6.45) is 0.531. The van der Waals surface area contributed by atoms with Gasteiger partial charge in [0.25, 0.3) is 0 Å². The predicted octanol–water partition coefficient (Wildman–Crippen LogP) is 3.77.